The molecule has 2 aromatic rings. The summed E-state index contributed by atoms with van der Waals surface area (Å²) in [6.07, 6.45) is 4.36. The zero-order valence-electron chi connectivity index (χ0n) is 10.0. The third-order valence-electron chi connectivity index (χ3n) is 3.31. The van der Waals surface area contributed by atoms with Crippen molar-refractivity contribution in [1.29, 1.82) is 0 Å². The molecular formula is C14H17N3. The number of benzene rings is 1. The lowest BCUT2D eigenvalue weighted by molar-refractivity contribution is 0.613. The molecular weight excluding hydrogens is 210 g/mol. The molecule has 2 N–H and O–H groups in total. The Balaban J connectivity index is 1.89. The molecule has 1 aliphatic heterocycles. The first-order valence-corrected chi connectivity index (χ1v) is 6.18. The lowest BCUT2D eigenvalue weighted by Crippen LogP contribution is -2.14. The fourth-order valence-electron chi connectivity index (χ4n) is 2.39. The van der Waals surface area contributed by atoms with Crippen molar-refractivity contribution in [3.63, 3.8) is 0 Å². The number of imidazole rings is 1. The van der Waals surface area contributed by atoms with E-state index in [-0.39, 0.29) is 0 Å². The van der Waals surface area contributed by atoms with Gasteiger partial charge in [0.05, 0.1) is 17.9 Å². The summed E-state index contributed by atoms with van der Waals surface area (Å²) in [6.45, 7) is 3.21. The predicted octanol–water partition coefficient (Wildman–Crippen LogP) is 2.81. The van der Waals surface area contributed by atoms with Crippen molar-refractivity contribution in [2.45, 2.75) is 25.8 Å². The van der Waals surface area contributed by atoms with Gasteiger partial charge < -0.3 is 10.3 Å². The molecule has 1 unspecified atom stereocenters. The lowest BCUT2D eigenvalue weighted by atomic mass is 10.1. The second-order valence-electron chi connectivity index (χ2n) is 4.70. The Morgan fingerprint density at radius 1 is 1.35 bits per heavy atom. The Hall–Kier alpha value is -1.61. The van der Waals surface area contributed by atoms with E-state index in [1.807, 2.05) is 6.20 Å². The highest BCUT2D eigenvalue weighted by Crippen LogP contribution is 2.24. The monoisotopic (exact) mass is 227 g/mol. The van der Waals surface area contributed by atoms with Crippen molar-refractivity contribution in [1.82, 2.24) is 15.3 Å². The van der Waals surface area contributed by atoms with Crippen molar-refractivity contribution >= 4 is 0 Å². The highest BCUT2D eigenvalue weighted by atomic mass is 15.0. The second kappa shape index (κ2) is 4.34. The van der Waals surface area contributed by atoms with E-state index in [9.17, 15) is 0 Å². The van der Waals surface area contributed by atoms with E-state index in [0.717, 1.165) is 18.1 Å². The molecule has 0 aliphatic carbocycles. The van der Waals surface area contributed by atoms with E-state index in [4.69, 9.17) is 0 Å². The minimum Gasteiger partial charge on any atom is -0.341 e. The zero-order chi connectivity index (χ0) is 11.7. The zero-order valence-corrected chi connectivity index (χ0v) is 10.0. The summed E-state index contributed by atoms with van der Waals surface area (Å²) in [4.78, 5) is 7.91. The largest absolute Gasteiger partial charge is 0.341 e. The van der Waals surface area contributed by atoms with Gasteiger partial charge in [-0.3, -0.25) is 0 Å². The van der Waals surface area contributed by atoms with Crippen LogP contribution in [0.3, 0.4) is 0 Å². The van der Waals surface area contributed by atoms with E-state index < -0.39 is 0 Å². The van der Waals surface area contributed by atoms with Crippen LogP contribution in [0.4, 0.5) is 0 Å². The van der Waals surface area contributed by atoms with Crippen molar-refractivity contribution in [3.05, 3.63) is 41.9 Å². The molecule has 1 saturated heterocycles. The first kappa shape index (κ1) is 10.5. The van der Waals surface area contributed by atoms with Gasteiger partial charge in [0.2, 0.25) is 0 Å². The van der Waals surface area contributed by atoms with Crippen LogP contribution in [-0.2, 0) is 0 Å². The van der Waals surface area contributed by atoms with Crippen LogP contribution < -0.4 is 5.32 Å². The van der Waals surface area contributed by atoms with Crippen LogP contribution in [0, 0.1) is 6.92 Å². The van der Waals surface area contributed by atoms with Gasteiger partial charge in [0.15, 0.2) is 0 Å². The number of nitrogens with one attached hydrogen (secondary N) is 2. The predicted molar refractivity (Wildman–Crippen MR) is 68.7 cm³/mol. The molecule has 0 bridgehead atoms. The average Bonchev–Trinajstić information content (AvgIpc) is 3.00. The summed E-state index contributed by atoms with van der Waals surface area (Å²) >= 11 is 0. The SMILES string of the molecule is Cc1cccc(-c2cnc(C3CCCN3)[nH]2)c1. The maximum absolute atomic E-state index is 4.49. The van der Waals surface area contributed by atoms with Gasteiger partial charge in [0, 0.05) is 0 Å². The summed E-state index contributed by atoms with van der Waals surface area (Å²) in [5.74, 6) is 1.07. The molecule has 3 nitrogen and oxygen atoms in total. The third-order valence-corrected chi connectivity index (χ3v) is 3.31. The summed E-state index contributed by atoms with van der Waals surface area (Å²) in [6, 6.07) is 8.90. The molecule has 1 fully saturated rings. The smallest absolute Gasteiger partial charge is 0.123 e. The van der Waals surface area contributed by atoms with E-state index in [1.54, 1.807) is 0 Å². The van der Waals surface area contributed by atoms with Crippen molar-refractivity contribution < 1.29 is 0 Å². The van der Waals surface area contributed by atoms with Crippen LogP contribution in [0.2, 0.25) is 0 Å². The molecule has 1 aromatic carbocycles. The van der Waals surface area contributed by atoms with Crippen LogP contribution in [0.15, 0.2) is 30.5 Å². The number of nitrogens with zero attached hydrogens (tertiary/aromatic N) is 1. The van der Waals surface area contributed by atoms with E-state index in [0.29, 0.717) is 6.04 Å². The molecule has 0 saturated carbocycles. The van der Waals surface area contributed by atoms with Crippen LogP contribution >= 0.6 is 0 Å². The quantitative estimate of drug-likeness (QED) is 0.828. The van der Waals surface area contributed by atoms with Crippen molar-refractivity contribution in [3.8, 4) is 11.3 Å². The van der Waals surface area contributed by atoms with Crippen LogP contribution in [0.5, 0.6) is 0 Å². The van der Waals surface area contributed by atoms with E-state index >= 15 is 0 Å². The maximum Gasteiger partial charge on any atom is 0.123 e. The number of aryl methyl sites for hydroxylation is 1. The molecule has 1 atom stereocenters. The minimum atomic E-state index is 0.411. The highest BCUT2D eigenvalue weighted by molar-refractivity contribution is 5.59. The number of hydrogen-bond donors (Lipinski definition) is 2. The van der Waals surface area contributed by atoms with Crippen LogP contribution in [0.1, 0.15) is 30.3 Å². The van der Waals surface area contributed by atoms with Crippen LogP contribution in [0.25, 0.3) is 11.3 Å². The Morgan fingerprint density at radius 2 is 2.29 bits per heavy atom. The van der Waals surface area contributed by atoms with Gasteiger partial charge >= 0.3 is 0 Å². The van der Waals surface area contributed by atoms with Gasteiger partial charge in [0.25, 0.3) is 0 Å². The van der Waals surface area contributed by atoms with Gasteiger partial charge in [-0.2, -0.15) is 0 Å². The summed E-state index contributed by atoms with van der Waals surface area (Å²) in [5.41, 5.74) is 3.59. The second-order valence-corrected chi connectivity index (χ2v) is 4.70. The molecule has 1 aliphatic rings. The molecule has 0 amide bonds. The number of hydrogen-bond acceptors (Lipinski definition) is 2. The fraction of sp³-hybridized carbons (Fsp3) is 0.357. The molecule has 2 heterocycles. The molecule has 0 radical (unpaired) electrons. The molecule has 88 valence electrons. The lowest BCUT2D eigenvalue weighted by Gasteiger charge is -2.05. The first-order chi connectivity index (χ1) is 8.33. The summed E-state index contributed by atoms with van der Waals surface area (Å²) < 4.78 is 0. The normalized spacial score (nSPS) is 19.7. The van der Waals surface area contributed by atoms with Gasteiger partial charge in [0.1, 0.15) is 5.82 Å². The van der Waals surface area contributed by atoms with Gasteiger partial charge in [-0.1, -0.05) is 23.8 Å². The Kier molecular flexibility index (Phi) is 2.69. The first-order valence-electron chi connectivity index (χ1n) is 6.18. The standard InChI is InChI=1S/C14H17N3/c1-10-4-2-5-11(8-10)13-9-16-14(17-13)12-6-3-7-15-12/h2,4-5,8-9,12,15H,3,6-7H2,1H3,(H,16,17). The summed E-state index contributed by atoms with van der Waals surface area (Å²) in [5, 5.41) is 3.46. The van der Waals surface area contributed by atoms with Crippen LogP contribution in [-0.4, -0.2) is 16.5 Å². The third kappa shape index (κ3) is 2.11. The topological polar surface area (TPSA) is 40.7 Å². The Labute approximate surface area is 101 Å². The number of aromatic nitrogens is 2. The summed E-state index contributed by atoms with van der Waals surface area (Å²) in [7, 11) is 0. The molecule has 1 aromatic heterocycles. The van der Waals surface area contributed by atoms with Gasteiger partial charge in [-0.05, 0) is 37.9 Å². The molecule has 3 rings (SSSR count). The van der Waals surface area contributed by atoms with E-state index in [2.05, 4.69) is 46.5 Å². The average molecular weight is 227 g/mol. The molecule has 0 spiro atoms. The molecule has 3 heteroatoms. The maximum atomic E-state index is 4.49. The minimum absolute atomic E-state index is 0.411. The fourth-order valence-corrected chi connectivity index (χ4v) is 2.39. The van der Waals surface area contributed by atoms with Gasteiger partial charge in [-0.25, -0.2) is 4.98 Å². The number of H-pyrrole nitrogens is 1. The number of rotatable bonds is 2. The number of aromatic amines is 1. The van der Waals surface area contributed by atoms with Gasteiger partial charge in [-0.15, -0.1) is 0 Å². The van der Waals surface area contributed by atoms with E-state index in [1.165, 1.54) is 24.0 Å². The van der Waals surface area contributed by atoms with Crippen molar-refractivity contribution in [2.75, 3.05) is 6.54 Å². The van der Waals surface area contributed by atoms with Crippen molar-refractivity contribution in [2.24, 2.45) is 0 Å². The Morgan fingerprint density at radius 3 is 3.06 bits per heavy atom. The Bertz CT molecular complexity index is 510. The highest BCUT2D eigenvalue weighted by Gasteiger charge is 2.19. The molecule has 17 heavy (non-hydrogen) atoms.